The number of hydrogen-bond donors (Lipinski definition) is 0. The number of carbonyl (C=O) groups excluding carboxylic acids is 2. The first-order valence-electron chi connectivity index (χ1n) is 10.4. The van der Waals surface area contributed by atoms with Crippen molar-refractivity contribution in [3.8, 4) is 11.5 Å². The van der Waals surface area contributed by atoms with Gasteiger partial charge < -0.3 is 14.2 Å². The molecule has 10 heteroatoms. The van der Waals surface area contributed by atoms with Crippen LogP contribution in [0.25, 0.3) is 6.08 Å². The molecule has 0 atom stereocenters. The van der Waals surface area contributed by atoms with Crippen LogP contribution < -0.4 is 9.47 Å². The fourth-order valence-electron chi connectivity index (χ4n) is 3.13. The molecular weight excluding hydrogens is 520 g/mol. The first kappa shape index (κ1) is 23.8. The van der Waals surface area contributed by atoms with Crippen molar-refractivity contribution in [1.29, 1.82) is 0 Å². The number of rotatable bonds is 7. The van der Waals surface area contributed by atoms with Gasteiger partial charge in [0.25, 0.3) is 5.69 Å². The Morgan fingerprint density at radius 2 is 1.80 bits per heavy atom. The Morgan fingerprint density at radius 1 is 1.09 bits per heavy atom. The molecule has 0 spiro atoms. The molecule has 0 bridgehead atoms. The highest BCUT2D eigenvalue weighted by atomic mass is 79.9. The van der Waals surface area contributed by atoms with Gasteiger partial charge in [-0.1, -0.05) is 22.0 Å². The fourth-order valence-corrected chi connectivity index (χ4v) is 3.39. The Morgan fingerprint density at radius 3 is 2.46 bits per heavy atom. The maximum Gasteiger partial charge on any atom is 0.363 e. The van der Waals surface area contributed by atoms with Crippen LogP contribution in [0.2, 0.25) is 0 Å². The number of halogens is 1. The van der Waals surface area contributed by atoms with Gasteiger partial charge >= 0.3 is 11.9 Å². The number of ether oxygens (including phenoxy) is 3. The number of nitrogens with zero attached hydrogens (tertiary/aromatic N) is 2. The van der Waals surface area contributed by atoms with Crippen molar-refractivity contribution in [2.24, 2.45) is 4.99 Å². The minimum absolute atomic E-state index is 0.112. The van der Waals surface area contributed by atoms with E-state index in [9.17, 15) is 19.7 Å². The number of aliphatic imine (C=N–C) groups is 1. The van der Waals surface area contributed by atoms with Gasteiger partial charge in [0.15, 0.2) is 17.2 Å². The van der Waals surface area contributed by atoms with Crippen LogP contribution in [-0.4, -0.2) is 29.4 Å². The molecule has 4 rings (SSSR count). The van der Waals surface area contributed by atoms with Crippen molar-refractivity contribution in [2.75, 3.05) is 6.61 Å². The minimum atomic E-state index is -0.699. The third-order valence-electron chi connectivity index (χ3n) is 4.80. The summed E-state index contributed by atoms with van der Waals surface area (Å²) in [5.74, 6) is -0.650. The van der Waals surface area contributed by atoms with Gasteiger partial charge in [0.2, 0.25) is 5.90 Å². The molecule has 176 valence electrons. The van der Waals surface area contributed by atoms with E-state index in [-0.39, 0.29) is 34.3 Å². The number of cyclic esters (lactones) is 1. The third kappa shape index (κ3) is 5.61. The van der Waals surface area contributed by atoms with Gasteiger partial charge in [-0.25, -0.2) is 14.6 Å². The van der Waals surface area contributed by atoms with Crippen LogP contribution in [-0.2, 0) is 9.53 Å². The van der Waals surface area contributed by atoms with E-state index in [1.54, 1.807) is 37.3 Å². The molecule has 0 unspecified atom stereocenters. The Hall–Kier alpha value is -4.31. The van der Waals surface area contributed by atoms with Crippen LogP contribution in [0.4, 0.5) is 5.69 Å². The zero-order valence-electron chi connectivity index (χ0n) is 18.3. The zero-order valence-corrected chi connectivity index (χ0v) is 19.9. The van der Waals surface area contributed by atoms with Crippen molar-refractivity contribution in [3.63, 3.8) is 0 Å². The number of benzene rings is 3. The lowest BCUT2D eigenvalue weighted by molar-refractivity contribution is -0.384. The van der Waals surface area contributed by atoms with E-state index >= 15 is 0 Å². The summed E-state index contributed by atoms with van der Waals surface area (Å²) in [5.41, 5.74) is 1.36. The Balaban J connectivity index is 1.56. The standard InChI is InChI=1S/C25H17BrN2O7/c1-2-33-22-14-15(13-20-25(30)35-23(27-20)16-4-8-18(26)9-5-16)3-12-21(22)34-24(29)17-6-10-19(11-7-17)28(31)32/h3-14H,2H2,1H3. The quantitative estimate of drug-likeness (QED) is 0.132. The van der Waals surface area contributed by atoms with Crippen LogP contribution in [0.5, 0.6) is 11.5 Å². The molecule has 0 radical (unpaired) electrons. The molecule has 3 aromatic carbocycles. The van der Waals surface area contributed by atoms with Gasteiger partial charge in [0, 0.05) is 22.2 Å². The second kappa shape index (κ2) is 10.3. The first-order chi connectivity index (χ1) is 16.8. The number of nitro groups is 1. The van der Waals surface area contributed by atoms with Crippen molar-refractivity contribution >= 4 is 45.5 Å². The summed E-state index contributed by atoms with van der Waals surface area (Å²) in [6.45, 7) is 2.08. The second-order valence-corrected chi connectivity index (χ2v) is 8.09. The molecule has 0 saturated heterocycles. The first-order valence-corrected chi connectivity index (χ1v) is 11.2. The lowest BCUT2D eigenvalue weighted by atomic mass is 10.1. The van der Waals surface area contributed by atoms with Crippen molar-refractivity contribution < 1.29 is 28.7 Å². The van der Waals surface area contributed by atoms with Gasteiger partial charge in [-0.15, -0.1) is 0 Å². The predicted molar refractivity (Wildman–Crippen MR) is 130 cm³/mol. The van der Waals surface area contributed by atoms with Crippen LogP contribution >= 0.6 is 15.9 Å². The molecule has 3 aromatic rings. The van der Waals surface area contributed by atoms with Crippen LogP contribution in [0.3, 0.4) is 0 Å². The molecule has 35 heavy (non-hydrogen) atoms. The Labute approximate surface area is 207 Å². The number of esters is 2. The third-order valence-corrected chi connectivity index (χ3v) is 5.33. The molecule has 0 amide bonds. The maximum atomic E-state index is 12.5. The normalized spacial score (nSPS) is 13.8. The van der Waals surface area contributed by atoms with E-state index in [2.05, 4.69) is 20.9 Å². The molecule has 9 nitrogen and oxygen atoms in total. The van der Waals surface area contributed by atoms with Gasteiger partial charge in [0.1, 0.15) is 0 Å². The molecule has 0 aliphatic carbocycles. The van der Waals surface area contributed by atoms with Crippen LogP contribution in [0.1, 0.15) is 28.4 Å². The van der Waals surface area contributed by atoms with Gasteiger partial charge in [-0.2, -0.15) is 0 Å². The second-order valence-electron chi connectivity index (χ2n) is 7.18. The largest absolute Gasteiger partial charge is 0.490 e. The highest BCUT2D eigenvalue weighted by molar-refractivity contribution is 9.10. The molecule has 0 N–H and O–H groups in total. The smallest absolute Gasteiger partial charge is 0.363 e. The maximum absolute atomic E-state index is 12.5. The van der Waals surface area contributed by atoms with Gasteiger partial charge in [-0.3, -0.25) is 10.1 Å². The number of non-ortho nitro benzene ring substituents is 1. The Kier molecular flexibility index (Phi) is 7.02. The number of nitro benzene ring substituents is 1. The average Bonchev–Trinajstić information content (AvgIpc) is 3.21. The molecular formula is C25H17BrN2O7. The van der Waals surface area contributed by atoms with E-state index < -0.39 is 16.9 Å². The summed E-state index contributed by atoms with van der Waals surface area (Å²) in [6, 6.07) is 17.0. The lowest BCUT2D eigenvalue weighted by Crippen LogP contribution is -2.10. The van der Waals surface area contributed by atoms with Crippen molar-refractivity contribution in [2.45, 2.75) is 6.92 Å². The SMILES string of the molecule is CCOc1cc(C=C2N=C(c3ccc(Br)cc3)OC2=O)ccc1OC(=O)c1ccc([N+](=O)[O-])cc1. The van der Waals surface area contributed by atoms with Crippen LogP contribution in [0.15, 0.2) is 81.9 Å². The minimum Gasteiger partial charge on any atom is -0.490 e. The van der Waals surface area contributed by atoms with E-state index in [1.165, 1.54) is 30.3 Å². The molecule has 0 aromatic heterocycles. The predicted octanol–water partition coefficient (Wildman–Crippen LogP) is 5.32. The topological polar surface area (TPSA) is 117 Å². The average molecular weight is 537 g/mol. The summed E-state index contributed by atoms with van der Waals surface area (Å²) in [6.07, 6.45) is 1.54. The molecule has 0 fully saturated rings. The van der Waals surface area contributed by atoms with Crippen LogP contribution in [0, 0.1) is 10.1 Å². The van der Waals surface area contributed by atoms with E-state index in [0.717, 1.165) is 4.47 Å². The van der Waals surface area contributed by atoms with E-state index in [0.29, 0.717) is 17.7 Å². The van der Waals surface area contributed by atoms with E-state index in [1.807, 2.05) is 12.1 Å². The highest BCUT2D eigenvalue weighted by Crippen LogP contribution is 2.31. The molecule has 1 aliphatic heterocycles. The summed E-state index contributed by atoms with van der Waals surface area (Å²) in [5, 5.41) is 10.8. The zero-order chi connectivity index (χ0) is 24.9. The summed E-state index contributed by atoms with van der Waals surface area (Å²) >= 11 is 3.36. The summed E-state index contributed by atoms with van der Waals surface area (Å²) < 4.78 is 17.2. The van der Waals surface area contributed by atoms with E-state index in [4.69, 9.17) is 14.2 Å². The van der Waals surface area contributed by atoms with Crippen molar-refractivity contribution in [1.82, 2.24) is 0 Å². The lowest BCUT2D eigenvalue weighted by Gasteiger charge is -2.11. The fraction of sp³-hybridized carbons (Fsp3) is 0.0800. The number of hydrogen-bond acceptors (Lipinski definition) is 8. The Bertz CT molecular complexity index is 1360. The molecule has 0 saturated carbocycles. The number of carbonyl (C=O) groups is 2. The summed E-state index contributed by atoms with van der Waals surface area (Å²) in [4.78, 5) is 39.4. The molecule has 1 aliphatic rings. The van der Waals surface area contributed by atoms with Gasteiger partial charge in [-0.05, 0) is 67.1 Å². The summed E-state index contributed by atoms with van der Waals surface area (Å²) in [7, 11) is 0. The monoisotopic (exact) mass is 536 g/mol. The highest BCUT2D eigenvalue weighted by Gasteiger charge is 2.24. The van der Waals surface area contributed by atoms with Crippen molar-refractivity contribution in [3.05, 3.63) is 104 Å². The molecule has 1 heterocycles. The van der Waals surface area contributed by atoms with Gasteiger partial charge in [0.05, 0.1) is 17.1 Å².